The van der Waals surface area contributed by atoms with E-state index in [0.717, 1.165) is 17.7 Å². The Bertz CT molecular complexity index is 721. The molecular formula is C19H19ClF2O3. The molecule has 3 nitrogen and oxygen atoms in total. The van der Waals surface area contributed by atoms with E-state index < -0.39 is 11.6 Å². The van der Waals surface area contributed by atoms with Crippen molar-refractivity contribution in [2.24, 2.45) is 5.92 Å². The fourth-order valence-corrected chi connectivity index (χ4v) is 3.32. The molecule has 1 aliphatic rings. The van der Waals surface area contributed by atoms with Gasteiger partial charge in [0, 0.05) is 22.4 Å². The molecule has 0 aromatic heterocycles. The first-order valence-electron chi connectivity index (χ1n) is 8.14. The van der Waals surface area contributed by atoms with E-state index in [9.17, 15) is 8.78 Å². The Morgan fingerprint density at radius 1 is 1.12 bits per heavy atom. The van der Waals surface area contributed by atoms with E-state index in [1.807, 2.05) is 12.1 Å². The number of hydrogen-bond acceptors (Lipinski definition) is 3. The van der Waals surface area contributed by atoms with Gasteiger partial charge in [0.1, 0.15) is 5.82 Å². The van der Waals surface area contributed by atoms with Gasteiger partial charge in [-0.05, 0) is 36.2 Å². The average Bonchev–Trinajstić information content (AvgIpc) is 2.61. The number of rotatable bonds is 6. The molecule has 0 bridgehead atoms. The highest BCUT2D eigenvalue weighted by Crippen LogP contribution is 2.42. The summed E-state index contributed by atoms with van der Waals surface area (Å²) < 4.78 is 39.5. The van der Waals surface area contributed by atoms with Crippen LogP contribution < -0.4 is 4.74 Å². The summed E-state index contributed by atoms with van der Waals surface area (Å²) in [6.07, 6.45) is 0.515. The van der Waals surface area contributed by atoms with Gasteiger partial charge in [-0.25, -0.2) is 8.78 Å². The minimum absolute atomic E-state index is 0.0163. The van der Waals surface area contributed by atoms with E-state index in [0.29, 0.717) is 18.1 Å². The highest BCUT2D eigenvalue weighted by Gasteiger charge is 2.35. The number of fused-ring (bicyclic) bond motifs is 1. The van der Waals surface area contributed by atoms with Gasteiger partial charge in [-0.1, -0.05) is 23.7 Å². The molecule has 3 rings (SSSR count). The molecule has 1 heterocycles. The lowest BCUT2D eigenvalue weighted by molar-refractivity contribution is 0.0365. The van der Waals surface area contributed by atoms with Crippen LogP contribution >= 0.6 is 11.6 Å². The van der Waals surface area contributed by atoms with Gasteiger partial charge < -0.3 is 14.6 Å². The van der Waals surface area contributed by atoms with Gasteiger partial charge in [0.2, 0.25) is 0 Å². The van der Waals surface area contributed by atoms with E-state index in [1.54, 1.807) is 12.1 Å². The number of ether oxygens (including phenoxy) is 2. The van der Waals surface area contributed by atoms with Gasteiger partial charge in [0.05, 0.1) is 26.4 Å². The summed E-state index contributed by atoms with van der Waals surface area (Å²) in [7, 11) is 0. The Balaban J connectivity index is 1.92. The first-order chi connectivity index (χ1) is 12.1. The van der Waals surface area contributed by atoms with E-state index >= 15 is 0 Å². The van der Waals surface area contributed by atoms with Crippen LogP contribution in [0.1, 0.15) is 17.0 Å². The Kier molecular flexibility index (Phi) is 5.89. The topological polar surface area (TPSA) is 38.7 Å². The van der Waals surface area contributed by atoms with Crippen LogP contribution in [0.3, 0.4) is 0 Å². The molecule has 2 aromatic rings. The average molecular weight is 369 g/mol. The Hall–Kier alpha value is -1.69. The van der Waals surface area contributed by atoms with Crippen LogP contribution in [0, 0.1) is 17.6 Å². The van der Waals surface area contributed by atoms with Crippen molar-refractivity contribution in [1.29, 1.82) is 0 Å². The molecule has 1 aliphatic heterocycles. The van der Waals surface area contributed by atoms with Crippen LogP contribution in [-0.2, 0) is 11.2 Å². The predicted octanol–water partition coefficient (Wildman–Crippen LogP) is 3.96. The molecule has 1 N–H and O–H groups in total. The quantitative estimate of drug-likeness (QED) is 0.784. The third-order valence-electron chi connectivity index (χ3n) is 4.41. The van der Waals surface area contributed by atoms with Crippen LogP contribution in [0.2, 0.25) is 5.02 Å². The first kappa shape index (κ1) is 18.1. The van der Waals surface area contributed by atoms with E-state index in [2.05, 4.69) is 0 Å². The second-order valence-electron chi connectivity index (χ2n) is 6.08. The molecule has 0 unspecified atom stereocenters. The van der Waals surface area contributed by atoms with Crippen molar-refractivity contribution in [2.45, 2.75) is 12.3 Å². The summed E-state index contributed by atoms with van der Waals surface area (Å²) in [5.74, 6) is -1.50. The lowest BCUT2D eigenvalue weighted by Gasteiger charge is -2.34. The van der Waals surface area contributed by atoms with Crippen LogP contribution in [0.5, 0.6) is 5.75 Å². The number of hydrogen-bond donors (Lipinski definition) is 1. The maximum atomic E-state index is 14.5. The van der Waals surface area contributed by atoms with Crippen molar-refractivity contribution in [3.8, 4) is 5.75 Å². The van der Waals surface area contributed by atoms with Crippen LogP contribution in [0.25, 0.3) is 0 Å². The molecule has 0 aliphatic carbocycles. The normalized spacial score (nSPS) is 19.4. The number of aliphatic hydroxyl groups excluding tert-OH is 1. The molecule has 6 heteroatoms. The SMILES string of the molecule is OCCOC[C@@H]1COc2c(F)ccc(F)c2[C@H]1Cc1ccc(Cl)cc1. The molecule has 0 radical (unpaired) electrons. The van der Waals surface area contributed by atoms with E-state index in [1.165, 1.54) is 0 Å². The fraction of sp³-hybridized carbons (Fsp3) is 0.368. The van der Waals surface area contributed by atoms with Crippen LogP contribution in [0.4, 0.5) is 8.78 Å². The third kappa shape index (κ3) is 4.11. The lowest BCUT2D eigenvalue weighted by Crippen LogP contribution is -2.32. The van der Waals surface area contributed by atoms with E-state index in [-0.39, 0.29) is 43.0 Å². The summed E-state index contributed by atoms with van der Waals surface area (Å²) in [6.45, 7) is 0.642. The Labute approximate surface area is 150 Å². The van der Waals surface area contributed by atoms with Gasteiger partial charge in [-0.3, -0.25) is 0 Å². The molecule has 0 fully saturated rings. The zero-order chi connectivity index (χ0) is 17.8. The zero-order valence-corrected chi connectivity index (χ0v) is 14.3. The lowest BCUT2D eigenvalue weighted by atomic mass is 9.80. The second-order valence-corrected chi connectivity index (χ2v) is 6.52. The molecule has 0 amide bonds. The molecule has 0 saturated heterocycles. The summed E-state index contributed by atoms with van der Waals surface area (Å²) in [4.78, 5) is 0. The summed E-state index contributed by atoms with van der Waals surface area (Å²) in [5, 5.41) is 9.50. The minimum Gasteiger partial charge on any atom is -0.490 e. The number of halogens is 3. The molecule has 2 aromatic carbocycles. The van der Waals surface area contributed by atoms with Crippen LogP contribution in [0.15, 0.2) is 36.4 Å². The van der Waals surface area contributed by atoms with Gasteiger partial charge >= 0.3 is 0 Å². The van der Waals surface area contributed by atoms with Crippen molar-refractivity contribution in [3.05, 3.63) is 64.2 Å². The van der Waals surface area contributed by atoms with Gasteiger partial charge in [-0.15, -0.1) is 0 Å². The fourth-order valence-electron chi connectivity index (χ4n) is 3.19. The maximum absolute atomic E-state index is 14.5. The largest absolute Gasteiger partial charge is 0.490 e. The van der Waals surface area contributed by atoms with Gasteiger partial charge in [-0.2, -0.15) is 0 Å². The zero-order valence-electron chi connectivity index (χ0n) is 13.6. The minimum atomic E-state index is -0.563. The highest BCUT2D eigenvalue weighted by atomic mass is 35.5. The first-order valence-corrected chi connectivity index (χ1v) is 8.51. The van der Waals surface area contributed by atoms with Gasteiger partial charge in [0.15, 0.2) is 11.6 Å². The summed E-state index contributed by atoms with van der Waals surface area (Å²) in [5.41, 5.74) is 1.22. The molecule has 25 heavy (non-hydrogen) atoms. The smallest absolute Gasteiger partial charge is 0.165 e. The Morgan fingerprint density at radius 3 is 2.56 bits per heavy atom. The monoisotopic (exact) mass is 368 g/mol. The molecule has 134 valence electrons. The second kappa shape index (κ2) is 8.13. The number of benzene rings is 2. The Morgan fingerprint density at radius 2 is 1.84 bits per heavy atom. The van der Waals surface area contributed by atoms with Crippen molar-refractivity contribution in [3.63, 3.8) is 0 Å². The predicted molar refractivity (Wildman–Crippen MR) is 91.1 cm³/mol. The highest BCUT2D eigenvalue weighted by molar-refractivity contribution is 6.30. The van der Waals surface area contributed by atoms with Crippen molar-refractivity contribution >= 4 is 11.6 Å². The molecule has 0 spiro atoms. The van der Waals surface area contributed by atoms with Crippen molar-refractivity contribution in [2.75, 3.05) is 26.4 Å². The van der Waals surface area contributed by atoms with Gasteiger partial charge in [0.25, 0.3) is 0 Å². The van der Waals surface area contributed by atoms with Crippen LogP contribution in [-0.4, -0.2) is 31.5 Å². The summed E-state index contributed by atoms with van der Waals surface area (Å²) >= 11 is 5.92. The number of aliphatic hydroxyl groups is 1. The summed E-state index contributed by atoms with van der Waals surface area (Å²) in [6, 6.07) is 9.51. The molecule has 2 atom stereocenters. The maximum Gasteiger partial charge on any atom is 0.165 e. The van der Waals surface area contributed by atoms with Crippen molar-refractivity contribution < 1.29 is 23.4 Å². The van der Waals surface area contributed by atoms with E-state index in [4.69, 9.17) is 26.2 Å². The standard InChI is InChI=1S/C19H19ClF2O3/c20-14-3-1-12(2-4-14)9-15-13(10-24-8-7-23)11-25-19-17(22)6-5-16(21)18(15)19/h1-6,13,15,23H,7-11H2/t13-,15+/m1/s1. The molecule has 0 saturated carbocycles. The van der Waals surface area contributed by atoms with Crippen molar-refractivity contribution in [1.82, 2.24) is 0 Å². The molecular weight excluding hydrogens is 350 g/mol. The third-order valence-corrected chi connectivity index (χ3v) is 4.66.